The van der Waals surface area contributed by atoms with Crippen LogP contribution in [0.4, 0.5) is 0 Å². The van der Waals surface area contributed by atoms with E-state index in [1.807, 2.05) is 0 Å². The van der Waals surface area contributed by atoms with Gasteiger partial charge in [0.2, 0.25) is 0 Å². The highest BCUT2D eigenvalue weighted by Crippen LogP contribution is 2.49. The van der Waals surface area contributed by atoms with Crippen LogP contribution in [0.15, 0.2) is 5.16 Å². The van der Waals surface area contributed by atoms with Crippen molar-refractivity contribution >= 4 is 11.7 Å². The first kappa shape index (κ1) is 22.2. The topological polar surface area (TPSA) is 99.4 Å². The van der Waals surface area contributed by atoms with Gasteiger partial charge in [-0.3, -0.25) is 4.79 Å². The molecule has 2 aliphatic rings. The van der Waals surface area contributed by atoms with E-state index in [4.69, 9.17) is 9.94 Å². The van der Waals surface area contributed by atoms with Gasteiger partial charge < -0.3 is 20.2 Å². The van der Waals surface area contributed by atoms with Crippen molar-refractivity contribution in [1.82, 2.24) is 0 Å². The molecule has 0 aromatic rings. The number of nitrogens with zero attached hydrogens (tertiary/aromatic N) is 1. The fourth-order valence-corrected chi connectivity index (χ4v) is 4.59. The Bertz CT molecular complexity index is 491. The number of aliphatic hydroxyl groups excluding tert-OH is 2. The lowest BCUT2D eigenvalue weighted by molar-refractivity contribution is -0.137. The minimum absolute atomic E-state index is 0.0945. The number of aliphatic carboxylic acids is 1. The smallest absolute Gasteiger partial charge is 0.303 e. The second-order valence-corrected chi connectivity index (χ2v) is 8.37. The van der Waals surface area contributed by atoms with Crippen molar-refractivity contribution in [2.24, 2.45) is 28.8 Å². The number of hydrogen-bond acceptors (Lipinski definition) is 5. The van der Waals surface area contributed by atoms with Gasteiger partial charge in [0.1, 0.15) is 6.61 Å². The van der Waals surface area contributed by atoms with Crippen LogP contribution in [-0.2, 0) is 9.63 Å². The SMILES string of the molecule is CCC(CC)CCC(O)CCC1CC2C(=NOCCCC(=O)O)CC2C1O. The molecule has 27 heavy (non-hydrogen) atoms. The van der Waals surface area contributed by atoms with Gasteiger partial charge in [-0.15, -0.1) is 0 Å². The highest BCUT2D eigenvalue weighted by Gasteiger charge is 2.51. The lowest BCUT2D eigenvalue weighted by Gasteiger charge is -2.33. The zero-order chi connectivity index (χ0) is 19.8. The quantitative estimate of drug-likeness (QED) is 0.333. The first-order chi connectivity index (χ1) is 13.0. The molecule has 5 unspecified atom stereocenters. The molecule has 0 aliphatic heterocycles. The van der Waals surface area contributed by atoms with Crippen molar-refractivity contribution in [3.8, 4) is 0 Å². The molecule has 2 fully saturated rings. The van der Waals surface area contributed by atoms with E-state index >= 15 is 0 Å². The maximum atomic E-state index is 10.5. The van der Waals surface area contributed by atoms with Crippen LogP contribution in [0.2, 0.25) is 0 Å². The summed E-state index contributed by atoms with van der Waals surface area (Å²) in [6.07, 6.45) is 7.61. The van der Waals surface area contributed by atoms with E-state index in [0.29, 0.717) is 24.9 Å². The van der Waals surface area contributed by atoms with E-state index in [2.05, 4.69) is 19.0 Å². The molecule has 0 radical (unpaired) electrons. The molecule has 6 nitrogen and oxygen atoms in total. The lowest BCUT2D eigenvalue weighted by atomic mass is 9.73. The van der Waals surface area contributed by atoms with Gasteiger partial charge in [-0.25, -0.2) is 0 Å². The average molecular weight is 384 g/mol. The molecule has 0 aromatic heterocycles. The van der Waals surface area contributed by atoms with Crippen molar-refractivity contribution < 1.29 is 25.0 Å². The number of rotatable bonds is 13. The Hall–Kier alpha value is -1.14. The van der Waals surface area contributed by atoms with Gasteiger partial charge in [0.15, 0.2) is 0 Å². The van der Waals surface area contributed by atoms with Gasteiger partial charge in [-0.2, -0.15) is 0 Å². The number of hydrogen-bond donors (Lipinski definition) is 3. The molecular formula is C21H37NO5. The Morgan fingerprint density at radius 3 is 2.67 bits per heavy atom. The number of aliphatic hydroxyl groups is 2. The van der Waals surface area contributed by atoms with Crippen molar-refractivity contribution in [2.45, 2.75) is 90.3 Å². The lowest BCUT2D eigenvalue weighted by Crippen LogP contribution is -2.38. The molecule has 0 spiro atoms. The number of carboxylic acids is 1. The molecule has 0 saturated heterocycles. The third-order valence-electron chi connectivity index (χ3n) is 6.61. The number of fused-ring (bicyclic) bond motifs is 1. The van der Waals surface area contributed by atoms with Gasteiger partial charge in [-0.1, -0.05) is 31.8 Å². The molecule has 3 N–H and O–H groups in total. The van der Waals surface area contributed by atoms with Crippen LogP contribution < -0.4 is 0 Å². The predicted octanol–water partition coefficient (Wildman–Crippen LogP) is 3.60. The van der Waals surface area contributed by atoms with Crippen LogP contribution in [-0.4, -0.2) is 45.8 Å². The minimum Gasteiger partial charge on any atom is -0.481 e. The van der Waals surface area contributed by atoms with Crippen molar-refractivity contribution in [3.63, 3.8) is 0 Å². The molecule has 0 heterocycles. The molecule has 0 aromatic carbocycles. The van der Waals surface area contributed by atoms with E-state index in [0.717, 1.165) is 44.2 Å². The van der Waals surface area contributed by atoms with Gasteiger partial charge in [0.25, 0.3) is 0 Å². The Morgan fingerprint density at radius 2 is 2.00 bits per heavy atom. The summed E-state index contributed by atoms with van der Waals surface area (Å²) in [4.78, 5) is 15.7. The van der Waals surface area contributed by atoms with E-state index in [1.54, 1.807) is 0 Å². The highest BCUT2D eigenvalue weighted by atomic mass is 16.6. The molecular weight excluding hydrogens is 346 g/mol. The first-order valence-corrected chi connectivity index (χ1v) is 10.7. The van der Waals surface area contributed by atoms with Crippen LogP contribution in [0.3, 0.4) is 0 Å². The molecule has 2 saturated carbocycles. The Kier molecular flexibility index (Phi) is 9.03. The molecule has 0 bridgehead atoms. The van der Waals surface area contributed by atoms with E-state index in [-0.39, 0.29) is 30.5 Å². The summed E-state index contributed by atoms with van der Waals surface area (Å²) >= 11 is 0. The summed E-state index contributed by atoms with van der Waals surface area (Å²) in [5, 5.41) is 33.6. The summed E-state index contributed by atoms with van der Waals surface area (Å²) < 4.78 is 0. The Labute approximate surface area is 163 Å². The summed E-state index contributed by atoms with van der Waals surface area (Å²) in [5.74, 6) is 0.701. The van der Waals surface area contributed by atoms with Gasteiger partial charge in [0, 0.05) is 12.3 Å². The maximum absolute atomic E-state index is 10.5. The standard InChI is InChI=1S/C21H37NO5/c1-3-14(4-2)7-9-16(23)10-8-15-12-17-18(21(15)26)13-19(17)22-27-11-5-6-20(24)25/h14-18,21,23,26H,3-13H2,1-2H3,(H,24,25). The Balaban J connectivity index is 1.67. The monoisotopic (exact) mass is 383 g/mol. The second kappa shape index (κ2) is 11.0. The molecule has 2 aliphatic carbocycles. The second-order valence-electron chi connectivity index (χ2n) is 8.37. The van der Waals surface area contributed by atoms with Gasteiger partial charge >= 0.3 is 5.97 Å². The largest absolute Gasteiger partial charge is 0.481 e. The summed E-state index contributed by atoms with van der Waals surface area (Å²) in [7, 11) is 0. The average Bonchev–Trinajstić information content (AvgIpc) is 2.87. The molecule has 5 atom stereocenters. The van der Waals surface area contributed by atoms with Crippen molar-refractivity contribution in [2.75, 3.05) is 6.61 Å². The summed E-state index contributed by atoms with van der Waals surface area (Å²) in [5.41, 5.74) is 1.01. The van der Waals surface area contributed by atoms with Crippen LogP contribution in [0.25, 0.3) is 0 Å². The summed E-state index contributed by atoms with van der Waals surface area (Å²) in [6, 6.07) is 0. The van der Waals surface area contributed by atoms with E-state index < -0.39 is 5.97 Å². The molecule has 156 valence electrons. The predicted molar refractivity (Wildman–Crippen MR) is 105 cm³/mol. The zero-order valence-electron chi connectivity index (χ0n) is 16.8. The maximum Gasteiger partial charge on any atom is 0.303 e. The van der Waals surface area contributed by atoms with Crippen LogP contribution >= 0.6 is 0 Å². The molecule has 2 rings (SSSR count). The zero-order valence-corrected chi connectivity index (χ0v) is 16.8. The third kappa shape index (κ3) is 6.46. The fourth-order valence-electron chi connectivity index (χ4n) is 4.59. The normalized spacial score (nSPS) is 29.6. The first-order valence-electron chi connectivity index (χ1n) is 10.7. The van der Waals surface area contributed by atoms with Crippen LogP contribution in [0, 0.1) is 23.7 Å². The van der Waals surface area contributed by atoms with Crippen LogP contribution in [0.5, 0.6) is 0 Å². The Morgan fingerprint density at radius 1 is 1.26 bits per heavy atom. The minimum atomic E-state index is -0.821. The van der Waals surface area contributed by atoms with Gasteiger partial charge in [-0.05, 0) is 62.7 Å². The number of carboxylic acid groups (broad SMARTS) is 1. The number of carbonyl (C=O) groups is 1. The van der Waals surface area contributed by atoms with E-state index in [1.165, 1.54) is 12.8 Å². The fraction of sp³-hybridized carbons (Fsp3) is 0.905. The summed E-state index contributed by atoms with van der Waals surface area (Å²) in [6.45, 7) is 4.74. The van der Waals surface area contributed by atoms with Gasteiger partial charge in [0.05, 0.1) is 17.9 Å². The highest BCUT2D eigenvalue weighted by molar-refractivity contribution is 5.93. The third-order valence-corrected chi connectivity index (χ3v) is 6.61. The molecule has 6 heteroatoms. The molecule has 0 amide bonds. The van der Waals surface area contributed by atoms with Crippen LogP contribution in [0.1, 0.15) is 78.1 Å². The van der Waals surface area contributed by atoms with Crippen molar-refractivity contribution in [1.29, 1.82) is 0 Å². The van der Waals surface area contributed by atoms with E-state index in [9.17, 15) is 15.0 Å². The van der Waals surface area contributed by atoms with Crippen molar-refractivity contribution in [3.05, 3.63) is 0 Å². The number of oxime groups is 1.